The van der Waals surface area contributed by atoms with Gasteiger partial charge in [-0.15, -0.1) is 10.2 Å². The molecule has 0 unspecified atom stereocenters. The van der Waals surface area contributed by atoms with Crippen molar-refractivity contribution in [1.29, 1.82) is 0 Å². The van der Waals surface area contributed by atoms with Crippen molar-refractivity contribution < 1.29 is 19.0 Å². The molecule has 1 aromatic heterocycles. The molecule has 9 heteroatoms. The maximum Gasteiger partial charge on any atom is 0.273 e. The predicted molar refractivity (Wildman–Crippen MR) is 119 cm³/mol. The number of carbonyl (C=O) groups is 1. The molecule has 3 aromatic rings. The minimum Gasteiger partial charge on any atom is -0.493 e. The number of ether oxygens (including phenoxy) is 3. The normalized spacial score (nSPS) is 14.2. The van der Waals surface area contributed by atoms with E-state index >= 15 is 0 Å². The standard InChI is InChI=1S/C24H24N4O5/c29-22(25-12-16-6-8-20-21(10-16)33-14-32-20)9-7-19-24(30)26-23(28-27-19)17-2-1-3-18(11-17)31-13-15-4-5-15/h1-3,6,8,10-11,15H,4-5,7,9,12-14H2,(H,25,29)(H,26,28,30). The van der Waals surface area contributed by atoms with Crippen LogP contribution in [0.1, 0.15) is 30.5 Å². The second kappa shape index (κ2) is 9.32. The number of aryl methyl sites for hydroxylation is 1. The topological polar surface area (TPSA) is 115 Å². The zero-order chi connectivity index (χ0) is 22.6. The van der Waals surface area contributed by atoms with Crippen molar-refractivity contribution >= 4 is 5.91 Å². The molecular formula is C24H24N4O5. The lowest BCUT2D eigenvalue weighted by Crippen LogP contribution is -2.25. The third-order valence-corrected chi connectivity index (χ3v) is 5.57. The van der Waals surface area contributed by atoms with E-state index in [4.69, 9.17) is 14.2 Å². The second-order valence-electron chi connectivity index (χ2n) is 8.20. The van der Waals surface area contributed by atoms with Gasteiger partial charge in [-0.1, -0.05) is 18.2 Å². The van der Waals surface area contributed by atoms with E-state index in [1.807, 2.05) is 42.5 Å². The number of amides is 1. The third kappa shape index (κ3) is 5.31. The molecule has 0 saturated heterocycles. The van der Waals surface area contributed by atoms with Crippen LogP contribution < -0.4 is 25.1 Å². The highest BCUT2D eigenvalue weighted by Gasteiger charge is 2.22. The first-order chi connectivity index (χ1) is 16.1. The molecule has 1 aliphatic carbocycles. The minimum absolute atomic E-state index is 0.131. The summed E-state index contributed by atoms with van der Waals surface area (Å²) in [7, 11) is 0. The Kier molecular flexibility index (Phi) is 5.93. The molecule has 33 heavy (non-hydrogen) atoms. The van der Waals surface area contributed by atoms with E-state index in [1.54, 1.807) is 0 Å². The molecule has 2 N–H and O–H groups in total. The van der Waals surface area contributed by atoms with E-state index in [0.717, 1.165) is 16.9 Å². The zero-order valence-corrected chi connectivity index (χ0v) is 18.0. The first-order valence-electron chi connectivity index (χ1n) is 11.0. The number of carbonyl (C=O) groups excluding carboxylic acids is 1. The zero-order valence-electron chi connectivity index (χ0n) is 18.0. The van der Waals surface area contributed by atoms with Gasteiger partial charge in [-0.2, -0.15) is 0 Å². The fourth-order valence-electron chi connectivity index (χ4n) is 3.46. The minimum atomic E-state index is -0.354. The van der Waals surface area contributed by atoms with Crippen LogP contribution in [0, 0.1) is 5.92 Å². The van der Waals surface area contributed by atoms with E-state index in [9.17, 15) is 9.59 Å². The van der Waals surface area contributed by atoms with E-state index in [1.165, 1.54) is 12.8 Å². The predicted octanol–water partition coefficient (Wildman–Crippen LogP) is 2.60. The number of benzene rings is 2. The molecule has 1 aliphatic heterocycles. The van der Waals surface area contributed by atoms with Gasteiger partial charge >= 0.3 is 0 Å². The Bertz CT molecular complexity index is 1220. The Morgan fingerprint density at radius 2 is 2.00 bits per heavy atom. The molecule has 1 fully saturated rings. The van der Waals surface area contributed by atoms with E-state index in [-0.39, 0.29) is 36.8 Å². The number of hydrogen-bond acceptors (Lipinski definition) is 7. The number of H-pyrrole nitrogens is 1. The molecule has 2 aromatic carbocycles. The molecule has 0 spiro atoms. The Balaban J connectivity index is 1.15. The molecule has 0 radical (unpaired) electrons. The maximum absolute atomic E-state index is 12.5. The molecule has 0 atom stereocenters. The van der Waals surface area contributed by atoms with Gasteiger partial charge in [-0.05, 0) is 48.6 Å². The number of nitrogens with zero attached hydrogens (tertiary/aromatic N) is 2. The largest absolute Gasteiger partial charge is 0.493 e. The number of aromatic amines is 1. The summed E-state index contributed by atoms with van der Waals surface area (Å²) in [6.07, 6.45) is 2.76. The fourth-order valence-corrected chi connectivity index (χ4v) is 3.46. The second-order valence-corrected chi connectivity index (χ2v) is 8.20. The van der Waals surface area contributed by atoms with Crippen molar-refractivity contribution in [3.05, 3.63) is 64.1 Å². The molecule has 1 saturated carbocycles. The maximum atomic E-state index is 12.5. The van der Waals surface area contributed by atoms with Crippen molar-refractivity contribution in [1.82, 2.24) is 20.5 Å². The van der Waals surface area contributed by atoms with Crippen molar-refractivity contribution in [3.63, 3.8) is 0 Å². The van der Waals surface area contributed by atoms with Crippen LogP contribution in [0.15, 0.2) is 47.3 Å². The monoisotopic (exact) mass is 448 g/mol. The fraction of sp³-hybridized carbons (Fsp3) is 0.333. The van der Waals surface area contributed by atoms with Gasteiger partial charge in [0.2, 0.25) is 12.7 Å². The van der Waals surface area contributed by atoms with Crippen LogP contribution in [0.5, 0.6) is 17.2 Å². The van der Waals surface area contributed by atoms with Gasteiger partial charge in [0.15, 0.2) is 17.3 Å². The SMILES string of the molecule is O=C(CCc1nnc(-c2cccc(OCC3CC3)c2)[nH]c1=O)NCc1ccc2c(c1)OCO2. The Labute approximate surface area is 190 Å². The Morgan fingerprint density at radius 1 is 1.12 bits per heavy atom. The highest BCUT2D eigenvalue weighted by Crippen LogP contribution is 2.32. The molecule has 2 aliphatic rings. The van der Waals surface area contributed by atoms with Gasteiger partial charge in [0.1, 0.15) is 11.4 Å². The van der Waals surface area contributed by atoms with Gasteiger partial charge in [0.05, 0.1) is 6.61 Å². The van der Waals surface area contributed by atoms with E-state index in [0.29, 0.717) is 36.4 Å². The number of hydrogen-bond donors (Lipinski definition) is 2. The van der Waals surface area contributed by atoms with Crippen LogP contribution in [-0.4, -0.2) is 34.5 Å². The molecule has 2 heterocycles. The summed E-state index contributed by atoms with van der Waals surface area (Å²) in [5, 5.41) is 11.0. The highest BCUT2D eigenvalue weighted by atomic mass is 16.7. The van der Waals surface area contributed by atoms with Crippen LogP contribution >= 0.6 is 0 Å². The van der Waals surface area contributed by atoms with Crippen LogP contribution in [0.25, 0.3) is 11.4 Å². The van der Waals surface area contributed by atoms with Gasteiger partial charge in [0, 0.05) is 24.9 Å². The summed E-state index contributed by atoms with van der Waals surface area (Å²) in [4.78, 5) is 27.5. The summed E-state index contributed by atoms with van der Waals surface area (Å²) in [6, 6.07) is 12.9. The van der Waals surface area contributed by atoms with Gasteiger partial charge in [-0.25, -0.2) is 0 Å². The first kappa shape index (κ1) is 21.0. The lowest BCUT2D eigenvalue weighted by atomic mass is 10.2. The smallest absolute Gasteiger partial charge is 0.273 e. The summed E-state index contributed by atoms with van der Waals surface area (Å²) in [5.41, 5.74) is 1.49. The van der Waals surface area contributed by atoms with Crippen molar-refractivity contribution in [2.24, 2.45) is 5.92 Å². The van der Waals surface area contributed by atoms with Crippen LogP contribution in [0.4, 0.5) is 0 Å². The van der Waals surface area contributed by atoms with Gasteiger partial charge in [-0.3, -0.25) is 9.59 Å². The molecule has 0 bridgehead atoms. The average molecular weight is 448 g/mol. The Hall–Kier alpha value is -3.88. The highest BCUT2D eigenvalue weighted by molar-refractivity contribution is 5.76. The number of aromatic nitrogens is 3. The lowest BCUT2D eigenvalue weighted by Gasteiger charge is -2.08. The van der Waals surface area contributed by atoms with Crippen LogP contribution in [-0.2, 0) is 17.8 Å². The summed E-state index contributed by atoms with van der Waals surface area (Å²) < 4.78 is 16.4. The molecular weight excluding hydrogens is 424 g/mol. The third-order valence-electron chi connectivity index (χ3n) is 5.57. The van der Waals surface area contributed by atoms with Crippen molar-refractivity contribution in [2.45, 2.75) is 32.2 Å². The van der Waals surface area contributed by atoms with Gasteiger partial charge < -0.3 is 24.5 Å². The molecule has 170 valence electrons. The summed E-state index contributed by atoms with van der Waals surface area (Å²) in [5.74, 6) is 2.95. The van der Waals surface area contributed by atoms with Crippen molar-refractivity contribution in [3.8, 4) is 28.6 Å². The molecule has 5 rings (SSSR count). The quantitative estimate of drug-likeness (QED) is 0.517. The Morgan fingerprint density at radius 3 is 2.85 bits per heavy atom. The number of rotatable bonds is 9. The average Bonchev–Trinajstić information content (AvgIpc) is 3.55. The molecule has 1 amide bonds. The lowest BCUT2D eigenvalue weighted by molar-refractivity contribution is -0.121. The van der Waals surface area contributed by atoms with Crippen LogP contribution in [0.3, 0.4) is 0 Å². The van der Waals surface area contributed by atoms with Gasteiger partial charge in [0.25, 0.3) is 5.56 Å². The molecule has 9 nitrogen and oxygen atoms in total. The van der Waals surface area contributed by atoms with E-state index in [2.05, 4.69) is 20.5 Å². The van der Waals surface area contributed by atoms with Crippen LogP contribution in [0.2, 0.25) is 0 Å². The summed E-state index contributed by atoms with van der Waals surface area (Å²) >= 11 is 0. The van der Waals surface area contributed by atoms with E-state index < -0.39 is 0 Å². The first-order valence-corrected chi connectivity index (χ1v) is 11.0. The number of nitrogens with one attached hydrogen (secondary N) is 2. The summed E-state index contributed by atoms with van der Waals surface area (Å²) in [6.45, 7) is 1.27. The van der Waals surface area contributed by atoms with Crippen molar-refractivity contribution in [2.75, 3.05) is 13.4 Å². The number of fused-ring (bicyclic) bond motifs is 1.